The van der Waals surface area contributed by atoms with Gasteiger partial charge in [0.15, 0.2) is 0 Å². The van der Waals surface area contributed by atoms with Crippen LogP contribution in [0.5, 0.6) is 0 Å². The van der Waals surface area contributed by atoms with Crippen LogP contribution in [0.2, 0.25) is 0 Å². The van der Waals surface area contributed by atoms with Crippen LogP contribution in [0.3, 0.4) is 0 Å². The van der Waals surface area contributed by atoms with E-state index in [2.05, 4.69) is 15.3 Å². The summed E-state index contributed by atoms with van der Waals surface area (Å²) in [6, 6.07) is 7.65. The fourth-order valence-corrected chi connectivity index (χ4v) is 1.53. The van der Waals surface area contributed by atoms with Gasteiger partial charge in [-0.15, -0.1) is 0 Å². The standard InChI is InChI=1S/C13H13N3O/c1-9-4-3-5-11(6-9)16-13(17)12-7-14-8-15-10(12)2/h3-8H,1-2H3,(H,16,17). The Kier molecular flexibility index (Phi) is 3.14. The van der Waals surface area contributed by atoms with Gasteiger partial charge in [-0.25, -0.2) is 9.97 Å². The smallest absolute Gasteiger partial charge is 0.259 e. The zero-order chi connectivity index (χ0) is 12.3. The number of amides is 1. The first kappa shape index (κ1) is 11.3. The average Bonchev–Trinajstić information content (AvgIpc) is 2.29. The molecule has 0 aliphatic carbocycles. The molecule has 0 bridgehead atoms. The molecule has 1 N–H and O–H groups in total. The highest BCUT2D eigenvalue weighted by Gasteiger charge is 2.09. The maximum Gasteiger partial charge on any atom is 0.259 e. The summed E-state index contributed by atoms with van der Waals surface area (Å²) in [6.45, 7) is 3.76. The summed E-state index contributed by atoms with van der Waals surface area (Å²) in [5.41, 5.74) is 3.04. The van der Waals surface area contributed by atoms with Crippen LogP contribution in [0.15, 0.2) is 36.8 Å². The lowest BCUT2D eigenvalue weighted by molar-refractivity contribution is 0.102. The highest BCUT2D eigenvalue weighted by atomic mass is 16.1. The first-order valence-corrected chi connectivity index (χ1v) is 5.31. The quantitative estimate of drug-likeness (QED) is 0.856. The predicted octanol–water partition coefficient (Wildman–Crippen LogP) is 2.35. The van der Waals surface area contributed by atoms with Crippen molar-refractivity contribution in [3.63, 3.8) is 0 Å². The van der Waals surface area contributed by atoms with Crippen molar-refractivity contribution in [3.8, 4) is 0 Å². The van der Waals surface area contributed by atoms with Gasteiger partial charge in [-0.05, 0) is 31.5 Å². The molecule has 2 rings (SSSR count). The van der Waals surface area contributed by atoms with Gasteiger partial charge in [0, 0.05) is 11.9 Å². The number of hydrogen-bond acceptors (Lipinski definition) is 3. The summed E-state index contributed by atoms with van der Waals surface area (Å²) in [6.07, 6.45) is 2.95. The van der Waals surface area contributed by atoms with Gasteiger partial charge < -0.3 is 5.32 Å². The molecule has 4 nitrogen and oxygen atoms in total. The molecule has 0 aliphatic heterocycles. The summed E-state index contributed by atoms with van der Waals surface area (Å²) in [5.74, 6) is -0.186. The van der Waals surface area contributed by atoms with Crippen molar-refractivity contribution in [3.05, 3.63) is 53.6 Å². The minimum Gasteiger partial charge on any atom is -0.322 e. The van der Waals surface area contributed by atoms with Gasteiger partial charge in [-0.2, -0.15) is 0 Å². The first-order valence-electron chi connectivity index (χ1n) is 5.31. The van der Waals surface area contributed by atoms with Crippen molar-refractivity contribution in [1.29, 1.82) is 0 Å². The third-order valence-corrected chi connectivity index (χ3v) is 2.43. The maximum absolute atomic E-state index is 12.0. The van der Waals surface area contributed by atoms with E-state index in [0.29, 0.717) is 11.3 Å². The Hall–Kier alpha value is -2.23. The normalized spacial score (nSPS) is 10.0. The number of carbonyl (C=O) groups is 1. The second kappa shape index (κ2) is 4.74. The Balaban J connectivity index is 2.20. The van der Waals surface area contributed by atoms with Crippen LogP contribution in [0.4, 0.5) is 5.69 Å². The maximum atomic E-state index is 12.0. The number of nitrogens with zero attached hydrogens (tertiary/aromatic N) is 2. The van der Waals surface area contributed by atoms with Gasteiger partial charge in [0.25, 0.3) is 5.91 Å². The molecule has 2 aromatic rings. The van der Waals surface area contributed by atoms with Gasteiger partial charge >= 0.3 is 0 Å². The molecular weight excluding hydrogens is 214 g/mol. The van der Waals surface area contributed by atoms with Gasteiger partial charge in [0.1, 0.15) is 6.33 Å². The van der Waals surface area contributed by atoms with Gasteiger partial charge in [0.05, 0.1) is 11.3 Å². The lowest BCUT2D eigenvalue weighted by Gasteiger charge is -2.06. The summed E-state index contributed by atoms with van der Waals surface area (Å²) < 4.78 is 0. The Morgan fingerprint density at radius 2 is 2.12 bits per heavy atom. The molecule has 0 fully saturated rings. The van der Waals surface area contributed by atoms with E-state index in [1.165, 1.54) is 12.5 Å². The lowest BCUT2D eigenvalue weighted by atomic mass is 10.2. The minimum atomic E-state index is -0.186. The molecule has 0 saturated heterocycles. The molecule has 1 heterocycles. The zero-order valence-corrected chi connectivity index (χ0v) is 9.77. The first-order chi connectivity index (χ1) is 8.16. The lowest BCUT2D eigenvalue weighted by Crippen LogP contribution is -2.14. The van der Waals surface area contributed by atoms with E-state index in [0.717, 1.165) is 11.3 Å². The SMILES string of the molecule is Cc1cccc(NC(=O)c2cncnc2C)c1. The molecule has 0 radical (unpaired) electrons. The number of rotatable bonds is 2. The predicted molar refractivity (Wildman–Crippen MR) is 65.9 cm³/mol. The summed E-state index contributed by atoms with van der Waals surface area (Å²) in [4.78, 5) is 19.8. The van der Waals surface area contributed by atoms with Crippen molar-refractivity contribution in [2.45, 2.75) is 13.8 Å². The summed E-state index contributed by atoms with van der Waals surface area (Å²) >= 11 is 0. The van der Waals surface area contributed by atoms with Crippen LogP contribution in [0.1, 0.15) is 21.6 Å². The number of aromatic nitrogens is 2. The molecule has 1 amide bonds. The van der Waals surface area contributed by atoms with Crippen molar-refractivity contribution in [2.24, 2.45) is 0 Å². The van der Waals surface area contributed by atoms with Crippen LogP contribution in [0, 0.1) is 13.8 Å². The van der Waals surface area contributed by atoms with Crippen molar-refractivity contribution in [1.82, 2.24) is 9.97 Å². The molecule has 0 unspecified atom stereocenters. The molecule has 17 heavy (non-hydrogen) atoms. The van der Waals surface area contributed by atoms with Gasteiger partial charge in [-0.3, -0.25) is 4.79 Å². The Bertz CT molecular complexity index is 552. The largest absolute Gasteiger partial charge is 0.322 e. The number of nitrogens with one attached hydrogen (secondary N) is 1. The Morgan fingerprint density at radius 3 is 2.82 bits per heavy atom. The van der Waals surface area contributed by atoms with E-state index in [1.54, 1.807) is 6.92 Å². The second-order valence-electron chi connectivity index (χ2n) is 3.85. The molecule has 86 valence electrons. The molecule has 1 aromatic heterocycles. The highest BCUT2D eigenvalue weighted by Crippen LogP contribution is 2.12. The summed E-state index contributed by atoms with van der Waals surface area (Å²) in [5, 5.41) is 2.82. The minimum absolute atomic E-state index is 0.186. The fourth-order valence-electron chi connectivity index (χ4n) is 1.53. The van der Waals surface area contributed by atoms with Gasteiger partial charge in [0.2, 0.25) is 0 Å². The van der Waals surface area contributed by atoms with E-state index < -0.39 is 0 Å². The van der Waals surface area contributed by atoms with Crippen molar-refractivity contribution in [2.75, 3.05) is 5.32 Å². The van der Waals surface area contributed by atoms with Crippen LogP contribution in [-0.2, 0) is 0 Å². The number of hydrogen-bond donors (Lipinski definition) is 1. The number of anilines is 1. The number of aryl methyl sites for hydroxylation is 2. The van der Waals surface area contributed by atoms with E-state index in [-0.39, 0.29) is 5.91 Å². The Morgan fingerprint density at radius 1 is 1.29 bits per heavy atom. The topological polar surface area (TPSA) is 54.9 Å². The average molecular weight is 227 g/mol. The van der Waals surface area contributed by atoms with E-state index in [9.17, 15) is 4.79 Å². The second-order valence-corrected chi connectivity index (χ2v) is 3.85. The number of carbonyl (C=O) groups excluding carboxylic acids is 1. The van der Waals surface area contributed by atoms with E-state index >= 15 is 0 Å². The fraction of sp³-hybridized carbons (Fsp3) is 0.154. The number of benzene rings is 1. The van der Waals surface area contributed by atoms with Crippen LogP contribution in [0.25, 0.3) is 0 Å². The third kappa shape index (κ3) is 2.66. The third-order valence-electron chi connectivity index (χ3n) is 2.43. The molecular formula is C13H13N3O. The van der Waals surface area contributed by atoms with Gasteiger partial charge in [-0.1, -0.05) is 12.1 Å². The zero-order valence-electron chi connectivity index (χ0n) is 9.77. The molecule has 4 heteroatoms. The molecule has 0 aliphatic rings. The van der Waals surface area contributed by atoms with Crippen LogP contribution in [-0.4, -0.2) is 15.9 Å². The van der Waals surface area contributed by atoms with Crippen LogP contribution >= 0.6 is 0 Å². The van der Waals surface area contributed by atoms with E-state index in [1.807, 2.05) is 31.2 Å². The molecule has 0 spiro atoms. The van der Waals surface area contributed by atoms with Crippen LogP contribution < -0.4 is 5.32 Å². The molecule has 0 saturated carbocycles. The summed E-state index contributed by atoms with van der Waals surface area (Å²) in [7, 11) is 0. The molecule has 0 atom stereocenters. The monoisotopic (exact) mass is 227 g/mol. The Labute approximate surface area is 99.7 Å². The van der Waals surface area contributed by atoms with E-state index in [4.69, 9.17) is 0 Å². The van der Waals surface area contributed by atoms with Crippen molar-refractivity contribution >= 4 is 11.6 Å². The highest BCUT2D eigenvalue weighted by molar-refractivity contribution is 6.04. The molecule has 1 aromatic carbocycles. The van der Waals surface area contributed by atoms with Crippen molar-refractivity contribution < 1.29 is 4.79 Å².